The minimum Gasteiger partial charge on any atom is -0.339 e. The molecule has 1 fully saturated rings. The molecule has 1 aliphatic rings. The molecule has 0 unspecified atom stereocenters. The van der Waals surface area contributed by atoms with Crippen molar-refractivity contribution in [3.05, 3.63) is 27.9 Å². The smallest absolute Gasteiger partial charge is 0.244 e. The highest BCUT2D eigenvalue weighted by molar-refractivity contribution is 7.89. The van der Waals surface area contributed by atoms with Crippen molar-refractivity contribution in [1.29, 1.82) is 0 Å². The fraction of sp³-hybridized carbons (Fsp3) is 0.444. The predicted molar refractivity (Wildman–Crippen MR) is 114 cm³/mol. The van der Waals surface area contributed by atoms with Crippen molar-refractivity contribution in [3.63, 3.8) is 0 Å². The summed E-state index contributed by atoms with van der Waals surface area (Å²) < 4.78 is 32.8. The van der Waals surface area contributed by atoms with Gasteiger partial charge in [0.1, 0.15) is 0 Å². The number of hydrogen-bond acceptors (Lipinski definition) is 9. The van der Waals surface area contributed by atoms with E-state index in [-0.39, 0.29) is 16.7 Å². The third-order valence-electron chi connectivity index (χ3n) is 4.91. The summed E-state index contributed by atoms with van der Waals surface area (Å²) >= 11 is 2.70. The van der Waals surface area contributed by atoms with E-state index >= 15 is 0 Å². The van der Waals surface area contributed by atoms with E-state index in [0.29, 0.717) is 52.5 Å². The van der Waals surface area contributed by atoms with Gasteiger partial charge in [0.2, 0.25) is 27.6 Å². The van der Waals surface area contributed by atoms with Gasteiger partial charge >= 0.3 is 0 Å². The Morgan fingerprint density at radius 3 is 2.57 bits per heavy atom. The molecule has 3 aromatic rings. The van der Waals surface area contributed by atoms with E-state index in [1.807, 2.05) is 12.3 Å². The highest BCUT2D eigenvalue weighted by Gasteiger charge is 2.34. The van der Waals surface area contributed by atoms with E-state index in [1.54, 1.807) is 19.9 Å². The highest BCUT2D eigenvalue weighted by Crippen LogP contribution is 2.35. The zero-order chi connectivity index (χ0) is 21.5. The van der Waals surface area contributed by atoms with Gasteiger partial charge in [-0.3, -0.25) is 4.79 Å². The Kier molecular flexibility index (Phi) is 5.75. The first-order valence-corrected chi connectivity index (χ1v) is 12.5. The largest absolute Gasteiger partial charge is 0.339 e. The summed E-state index contributed by atoms with van der Waals surface area (Å²) in [6, 6.07) is 1.60. The van der Waals surface area contributed by atoms with Crippen LogP contribution < -0.4 is 5.32 Å². The van der Waals surface area contributed by atoms with Crippen molar-refractivity contribution in [2.75, 3.05) is 18.4 Å². The topological polar surface area (TPSA) is 118 Å². The summed E-state index contributed by atoms with van der Waals surface area (Å²) in [5.41, 5.74) is 0.859. The quantitative estimate of drug-likeness (QED) is 0.612. The number of thiazole rings is 1. The number of nitrogens with one attached hydrogen (secondary N) is 1. The number of piperidine rings is 1. The zero-order valence-corrected chi connectivity index (χ0v) is 19.2. The van der Waals surface area contributed by atoms with Gasteiger partial charge in [0, 0.05) is 36.2 Å². The van der Waals surface area contributed by atoms with Crippen LogP contribution in [0.1, 0.15) is 29.3 Å². The SMILES string of the molecule is Cc1csc(NC(=O)C2CCN(S(=O)(=O)c3cc(-c4noc(C)n4)sc3C)CC2)n1. The van der Waals surface area contributed by atoms with Gasteiger partial charge < -0.3 is 9.84 Å². The van der Waals surface area contributed by atoms with Crippen LogP contribution in [0.3, 0.4) is 0 Å². The van der Waals surface area contributed by atoms with Crippen LogP contribution >= 0.6 is 22.7 Å². The minimum atomic E-state index is -3.66. The van der Waals surface area contributed by atoms with Crippen molar-refractivity contribution in [2.45, 2.75) is 38.5 Å². The van der Waals surface area contributed by atoms with Crippen LogP contribution in [0, 0.1) is 26.7 Å². The average Bonchev–Trinajstić information content (AvgIpc) is 3.42. The molecular weight excluding hydrogens is 446 g/mol. The Bertz CT molecular complexity index is 1170. The van der Waals surface area contributed by atoms with E-state index in [1.165, 1.54) is 27.0 Å². The number of thiophene rings is 1. The lowest BCUT2D eigenvalue weighted by Gasteiger charge is -2.30. The fourth-order valence-electron chi connectivity index (χ4n) is 3.35. The maximum absolute atomic E-state index is 13.2. The van der Waals surface area contributed by atoms with Crippen LogP contribution in [0.4, 0.5) is 5.13 Å². The highest BCUT2D eigenvalue weighted by atomic mass is 32.2. The van der Waals surface area contributed by atoms with Gasteiger partial charge in [-0.05, 0) is 32.8 Å². The Balaban J connectivity index is 1.44. The molecule has 1 N–H and O–H groups in total. The standard InChI is InChI=1S/C18H21N5O4S3/c1-10-9-28-18(19-10)21-17(24)13-4-6-23(7-5-13)30(25,26)15-8-14(29-11(15)2)16-20-12(3)27-22-16/h8-9,13H,4-7H2,1-3H3,(H,19,21,24). The third-order valence-corrected chi connectivity index (χ3v) is 8.99. The Hall–Kier alpha value is -2.15. The monoisotopic (exact) mass is 467 g/mol. The summed E-state index contributed by atoms with van der Waals surface area (Å²) in [5.74, 6) is 0.466. The molecule has 0 spiro atoms. The molecule has 12 heteroatoms. The molecule has 0 radical (unpaired) electrons. The number of aryl methyl sites for hydroxylation is 3. The van der Waals surface area contributed by atoms with Crippen molar-refractivity contribution in [2.24, 2.45) is 5.92 Å². The number of carbonyl (C=O) groups excluding carboxylic acids is 1. The summed E-state index contributed by atoms with van der Waals surface area (Å²) in [4.78, 5) is 22.5. The van der Waals surface area contributed by atoms with E-state index in [0.717, 1.165) is 5.69 Å². The predicted octanol–water partition coefficient (Wildman–Crippen LogP) is 3.22. The molecule has 1 amide bonds. The van der Waals surface area contributed by atoms with Gasteiger partial charge in [-0.2, -0.15) is 9.29 Å². The lowest BCUT2D eigenvalue weighted by atomic mass is 9.97. The molecule has 0 aliphatic carbocycles. The molecule has 30 heavy (non-hydrogen) atoms. The minimum absolute atomic E-state index is 0.108. The van der Waals surface area contributed by atoms with E-state index in [2.05, 4.69) is 20.4 Å². The van der Waals surface area contributed by atoms with Gasteiger partial charge in [-0.15, -0.1) is 22.7 Å². The van der Waals surface area contributed by atoms with Gasteiger partial charge in [0.25, 0.3) is 0 Å². The van der Waals surface area contributed by atoms with Crippen molar-refractivity contribution in [1.82, 2.24) is 19.4 Å². The molecule has 0 bridgehead atoms. The molecule has 4 rings (SSSR count). The number of sulfonamides is 1. The molecule has 0 saturated carbocycles. The zero-order valence-electron chi connectivity index (χ0n) is 16.7. The van der Waals surface area contributed by atoms with Crippen LogP contribution in [-0.4, -0.2) is 46.8 Å². The van der Waals surface area contributed by atoms with Crippen LogP contribution in [0.5, 0.6) is 0 Å². The second-order valence-electron chi connectivity index (χ2n) is 7.13. The maximum Gasteiger partial charge on any atom is 0.244 e. The molecule has 1 saturated heterocycles. The molecule has 0 aromatic carbocycles. The lowest BCUT2D eigenvalue weighted by molar-refractivity contribution is -0.120. The van der Waals surface area contributed by atoms with Crippen molar-refractivity contribution >= 4 is 43.7 Å². The van der Waals surface area contributed by atoms with Crippen LogP contribution in [0.25, 0.3) is 10.7 Å². The maximum atomic E-state index is 13.2. The first-order chi connectivity index (χ1) is 14.2. The Labute approximate surface area is 182 Å². The van der Waals surface area contributed by atoms with E-state index in [4.69, 9.17) is 4.52 Å². The summed E-state index contributed by atoms with van der Waals surface area (Å²) in [7, 11) is -3.66. The lowest BCUT2D eigenvalue weighted by Crippen LogP contribution is -2.41. The molecule has 9 nitrogen and oxygen atoms in total. The number of anilines is 1. The molecular formula is C18H21N5O4S3. The van der Waals surface area contributed by atoms with Crippen LogP contribution in [-0.2, 0) is 14.8 Å². The Morgan fingerprint density at radius 1 is 1.23 bits per heavy atom. The number of carbonyl (C=O) groups is 1. The first kappa shape index (κ1) is 21.1. The number of hydrogen-bond donors (Lipinski definition) is 1. The number of amides is 1. The molecule has 4 heterocycles. The third kappa shape index (κ3) is 4.17. The summed E-state index contributed by atoms with van der Waals surface area (Å²) in [6.45, 7) is 5.91. The second-order valence-corrected chi connectivity index (χ2v) is 11.2. The van der Waals surface area contributed by atoms with E-state index in [9.17, 15) is 13.2 Å². The molecule has 1 aliphatic heterocycles. The van der Waals surface area contributed by atoms with Crippen LogP contribution in [0.15, 0.2) is 20.9 Å². The number of nitrogens with zero attached hydrogens (tertiary/aromatic N) is 4. The molecule has 160 valence electrons. The molecule has 0 atom stereocenters. The average molecular weight is 468 g/mol. The fourth-order valence-corrected chi connectivity index (χ4v) is 6.99. The summed E-state index contributed by atoms with van der Waals surface area (Å²) in [5, 5.41) is 9.14. The van der Waals surface area contributed by atoms with Gasteiger partial charge in [0.15, 0.2) is 5.13 Å². The van der Waals surface area contributed by atoms with Crippen LogP contribution in [0.2, 0.25) is 0 Å². The van der Waals surface area contributed by atoms with Gasteiger partial charge in [-0.1, -0.05) is 5.16 Å². The normalized spacial score (nSPS) is 16.1. The Morgan fingerprint density at radius 2 is 1.97 bits per heavy atom. The van der Waals surface area contributed by atoms with Crippen molar-refractivity contribution < 1.29 is 17.7 Å². The van der Waals surface area contributed by atoms with Gasteiger partial charge in [-0.25, -0.2) is 13.4 Å². The van der Waals surface area contributed by atoms with Crippen molar-refractivity contribution in [3.8, 4) is 10.7 Å². The molecule has 3 aromatic heterocycles. The number of aromatic nitrogens is 3. The van der Waals surface area contributed by atoms with E-state index < -0.39 is 10.0 Å². The second kappa shape index (κ2) is 8.17. The van der Waals surface area contributed by atoms with Gasteiger partial charge in [0.05, 0.1) is 15.5 Å². The first-order valence-electron chi connectivity index (χ1n) is 9.38. The summed E-state index contributed by atoms with van der Waals surface area (Å²) in [6.07, 6.45) is 0.936. The number of rotatable bonds is 5.